The summed E-state index contributed by atoms with van der Waals surface area (Å²) in [5.41, 5.74) is 1.66. The van der Waals surface area contributed by atoms with Gasteiger partial charge in [0.25, 0.3) is 11.8 Å². The van der Waals surface area contributed by atoms with Gasteiger partial charge >= 0.3 is 5.97 Å². The molecule has 8 nitrogen and oxygen atoms in total. The lowest BCUT2D eigenvalue weighted by Crippen LogP contribution is -2.21. The predicted octanol–water partition coefficient (Wildman–Crippen LogP) is 3.20. The third kappa shape index (κ3) is 5.30. The number of carbonyl (C=O) groups is 3. The summed E-state index contributed by atoms with van der Waals surface area (Å²) in [6.45, 7) is -0.462. The molecule has 0 aliphatic carbocycles. The standard InChI is InChI=1S/C21H15N3O5/c22-12-14-3-7-16(8-4-14)23-19(25)13-29-21(27)15-5-9-17(10-6-15)24-20(26)18-2-1-11-28-18/h1-11H,13H2,(H,23,25)(H,24,26). The molecule has 2 N–H and O–H groups in total. The molecule has 0 saturated carbocycles. The van der Waals surface area contributed by atoms with Gasteiger partial charge in [0, 0.05) is 11.4 Å². The van der Waals surface area contributed by atoms with Crippen LogP contribution in [0, 0.1) is 11.3 Å². The van der Waals surface area contributed by atoms with E-state index in [0.717, 1.165) is 0 Å². The van der Waals surface area contributed by atoms with Crippen LogP contribution in [0.2, 0.25) is 0 Å². The molecule has 1 aromatic heterocycles. The Morgan fingerprint density at radius 1 is 0.931 bits per heavy atom. The molecule has 8 heteroatoms. The maximum Gasteiger partial charge on any atom is 0.338 e. The molecule has 2 aromatic carbocycles. The highest BCUT2D eigenvalue weighted by atomic mass is 16.5. The van der Waals surface area contributed by atoms with Crippen molar-refractivity contribution in [1.29, 1.82) is 5.26 Å². The van der Waals surface area contributed by atoms with Gasteiger partial charge in [0.1, 0.15) is 0 Å². The molecule has 0 spiro atoms. The van der Waals surface area contributed by atoms with E-state index in [1.54, 1.807) is 30.3 Å². The summed E-state index contributed by atoms with van der Waals surface area (Å²) in [5.74, 6) is -1.43. The van der Waals surface area contributed by atoms with Crippen molar-refractivity contribution in [2.45, 2.75) is 0 Å². The number of nitrogens with zero attached hydrogens (tertiary/aromatic N) is 1. The summed E-state index contributed by atoms with van der Waals surface area (Å²) in [6.07, 6.45) is 1.39. The molecule has 0 radical (unpaired) electrons. The Balaban J connectivity index is 1.49. The lowest BCUT2D eigenvalue weighted by Gasteiger charge is -2.08. The number of esters is 1. The summed E-state index contributed by atoms with van der Waals surface area (Å²) in [7, 11) is 0. The van der Waals surface area contributed by atoms with Crippen LogP contribution in [0.1, 0.15) is 26.5 Å². The van der Waals surface area contributed by atoms with E-state index >= 15 is 0 Å². The molecule has 0 unspecified atom stereocenters. The predicted molar refractivity (Wildman–Crippen MR) is 103 cm³/mol. The Bertz CT molecular complexity index is 1050. The molecule has 29 heavy (non-hydrogen) atoms. The number of benzene rings is 2. The van der Waals surface area contributed by atoms with Crippen LogP contribution < -0.4 is 10.6 Å². The second-order valence-electron chi connectivity index (χ2n) is 5.82. The van der Waals surface area contributed by atoms with Gasteiger partial charge in [0.15, 0.2) is 12.4 Å². The summed E-state index contributed by atoms with van der Waals surface area (Å²) in [5, 5.41) is 13.9. The first-order valence-electron chi connectivity index (χ1n) is 8.47. The second kappa shape index (κ2) is 9.01. The van der Waals surface area contributed by atoms with Crippen molar-refractivity contribution < 1.29 is 23.5 Å². The van der Waals surface area contributed by atoms with Gasteiger partial charge in [0.05, 0.1) is 23.5 Å². The highest BCUT2D eigenvalue weighted by molar-refractivity contribution is 6.02. The van der Waals surface area contributed by atoms with E-state index in [2.05, 4.69) is 10.6 Å². The first-order chi connectivity index (χ1) is 14.0. The minimum Gasteiger partial charge on any atom is -0.459 e. The van der Waals surface area contributed by atoms with Gasteiger partial charge in [-0.2, -0.15) is 5.26 Å². The zero-order valence-corrected chi connectivity index (χ0v) is 15.0. The van der Waals surface area contributed by atoms with Crippen LogP contribution >= 0.6 is 0 Å². The topological polar surface area (TPSA) is 121 Å². The average molecular weight is 389 g/mol. The van der Waals surface area contributed by atoms with Crippen LogP contribution in [0.5, 0.6) is 0 Å². The van der Waals surface area contributed by atoms with Gasteiger partial charge in [-0.3, -0.25) is 9.59 Å². The maximum absolute atomic E-state index is 12.1. The Kier molecular flexibility index (Phi) is 6.02. The van der Waals surface area contributed by atoms with E-state index in [1.807, 2.05) is 6.07 Å². The van der Waals surface area contributed by atoms with E-state index in [0.29, 0.717) is 16.9 Å². The molecule has 0 aliphatic heterocycles. The van der Waals surface area contributed by atoms with Crippen LogP contribution in [-0.4, -0.2) is 24.4 Å². The van der Waals surface area contributed by atoms with Crippen LogP contribution in [-0.2, 0) is 9.53 Å². The normalized spacial score (nSPS) is 9.90. The fraction of sp³-hybridized carbons (Fsp3) is 0.0476. The molecule has 3 aromatic rings. The Morgan fingerprint density at radius 3 is 2.21 bits per heavy atom. The Labute approximate surface area is 165 Å². The molecule has 144 valence electrons. The van der Waals surface area contributed by atoms with Gasteiger partial charge in [-0.15, -0.1) is 0 Å². The number of rotatable bonds is 6. The lowest BCUT2D eigenvalue weighted by molar-refractivity contribution is -0.119. The fourth-order valence-electron chi connectivity index (χ4n) is 2.33. The number of nitrogens with one attached hydrogen (secondary N) is 2. The van der Waals surface area contributed by atoms with E-state index < -0.39 is 24.4 Å². The van der Waals surface area contributed by atoms with Crippen LogP contribution in [0.3, 0.4) is 0 Å². The van der Waals surface area contributed by atoms with Crippen molar-refractivity contribution >= 4 is 29.2 Å². The van der Waals surface area contributed by atoms with Gasteiger partial charge in [-0.1, -0.05) is 0 Å². The van der Waals surface area contributed by atoms with Crippen LogP contribution in [0.4, 0.5) is 11.4 Å². The number of anilines is 2. The van der Waals surface area contributed by atoms with Crippen molar-refractivity contribution in [1.82, 2.24) is 0 Å². The number of hydrogen-bond acceptors (Lipinski definition) is 6. The third-order valence-electron chi connectivity index (χ3n) is 3.76. The number of furan rings is 1. The first kappa shape index (κ1) is 19.4. The highest BCUT2D eigenvalue weighted by Crippen LogP contribution is 2.13. The van der Waals surface area contributed by atoms with E-state index in [1.165, 1.54) is 36.6 Å². The third-order valence-corrected chi connectivity index (χ3v) is 3.76. The van der Waals surface area contributed by atoms with E-state index in [4.69, 9.17) is 14.4 Å². The summed E-state index contributed by atoms with van der Waals surface area (Å²) in [4.78, 5) is 35.8. The Morgan fingerprint density at radius 2 is 1.59 bits per heavy atom. The summed E-state index contributed by atoms with van der Waals surface area (Å²) < 4.78 is 9.98. The molecule has 2 amide bonds. The smallest absolute Gasteiger partial charge is 0.338 e. The van der Waals surface area contributed by atoms with E-state index in [9.17, 15) is 14.4 Å². The number of nitriles is 1. The maximum atomic E-state index is 12.1. The van der Waals surface area contributed by atoms with Crippen molar-refractivity contribution in [3.63, 3.8) is 0 Å². The fourth-order valence-corrected chi connectivity index (χ4v) is 2.33. The highest BCUT2D eigenvalue weighted by Gasteiger charge is 2.12. The van der Waals surface area contributed by atoms with Gasteiger partial charge in [-0.05, 0) is 60.7 Å². The van der Waals surface area contributed by atoms with Crippen LogP contribution in [0.15, 0.2) is 71.3 Å². The van der Waals surface area contributed by atoms with Gasteiger partial charge in [-0.25, -0.2) is 4.79 Å². The number of ether oxygens (including phenoxy) is 1. The monoisotopic (exact) mass is 389 g/mol. The average Bonchev–Trinajstić information content (AvgIpc) is 3.28. The van der Waals surface area contributed by atoms with Gasteiger partial charge in [0.2, 0.25) is 0 Å². The first-order valence-corrected chi connectivity index (χ1v) is 8.47. The van der Waals surface area contributed by atoms with Crippen molar-refractivity contribution in [2.75, 3.05) is 17.2 Å². The molecular weight excluding hydrogens is 374 g/mol. The summed E-state index contributed by atoms with van der Waals surface area (Å²) >= 11 is 0. The molecular formula is C21H15N3O5. The zero-order chi connectivity index (χ0) is 20.6. The van der Waals surface area contributed by atoms with E-state index in [-0.39, 0.29) is 11.3 Å². The molecule has 0 atom stereocenters. The van der Waals surface area contributed by atoms with Crippen molar-refractivity contribution in [3.8, 4) is 6.07 Å². The molecule has 3 rings (SSSR count). The molecule has 1 heterocycles. The number of carbonyl (C=O) groups excluding carboxylic acids is 3. The molecule has 0 bridgehead atoms. The summed E-state index contributed by atoms with van der Waals surface area (Å²) in [6, 6.07) is 17.4. The van der Waals surface area contributed by atoms with Gasteiger partial charge < -0.3 is 19.8 Å². The van der Waals surface area contributed by atoms with Crippen molar-refractivity contribution in [3.05, 3.63) is 83.8 Å². The number of amides is 2. The van der Waals surface area contributed by atoms with Crippen LogP contribution in [0.25, 0.3) is 0 Å². The largest absolute Gasteiger partial charge is 0.459 e. The minimum atomic E-state index is -0.677. The van der Waals surface area contributed by atoms with Crippen molar-refractivity contribution in [2.24, 2.45) is 0 Å². The lowest BCUT2D eigenvalue weighted by atomic mass is 10.2. The minimum absolute atomic E-state index is 0.168. The molecule has 0 aliphatic rings. The quantitative estimate of drug-likeness (QED) is 0.625. The Hall–Kier alpha value is -4.38. The number of hydrogen-bond donors (Lipinski definition) is 2. The molecule has 0 saturated heterocycles. The zero-order valence-electron chi connectivity index (χ0n) is 15.0. The second-order valence-corrected chi connectivity index (χ2v) is 5.82. The SMILES string of the molecule is N#Cc1ccc(NC(=O)COC(=O)c2ccc(NC(=O)c3ccco3)cc2)cc1. The molecule has 0 fully saturated rings.